The Kier molecular flexibility index (Phi) is 4.03. The van der Waals surface area contributed by atoms with Crippen LogP contribution in [-0.2, 0) is 0 Å². The minimum absolute atomic E-state index is 0.0168. The smallest absolute Gasteiger partial charge is 0.272 e. The summed E-state index contributed by atoms with van der Waals surface area (Å²) in [6.45, 7) is 5.86. The van der Waals surface area contributed by atoms with Gasteiger partial charge in [-0.2, -0.15) is 0 Å². The van der Waals surface area contributed by atoms with Crippen molar-refractivity contribution in [2.24, 2.45) is 5.41 Å². The molecule has 4 rings (SSSR count). The maximum absolute atomic E-state index is 13.1. The topological polar surface area (TPSA) is 63.9 Å². The Bertz CT molecular complexity index is 905. The van der Waals surface area contributed by atoms with Crippen LogP contribution in [-0.4, -0.2) is 43.6 Å². The van der Waals surface area contributed by atoms with Crippen LogP contribution in [0.3, 0.4) is 0 Å². The van der Waals surface area contributed by atoms with Crippen molar-refractivity contribution >= 4 is 5.91 Å². The molecule has 1 amide bonds. The summed E-state index contributed by atoms with van der Waals surface area (Å²) in [6.07, 6.45) is 3.14. The molecule has 1 aromatic carbocycles. The van der Waals surface area contributed by atoms with Crippen LogP contribution in [0.5, 0.6) is 0 Å². The molecule has 2 aromatic heterocycles. The minimum atomic E-state index is -0.0357. The second kappa shape index (κ2) is 6.37. The van der Waals surface area contributed by atoms with E-state index in [0.717, 1.165) is 0 Å². The van der Waals surface area contributed by atoms with E-state index in [-0.39, 0.29) is 11.3 Å². The number of amides is 1. The molecule has 6 heteroatoms. The lowest BCUT2D eigenvalue weighted by Gasteiger charge is -2.25. The summed E-state index contributed by atoms with van der Waals surface area (Å²) in [5.41, 5.74) is 1.74. The van der Waals surface area contributed by atoms with Crippen LogP contribution in [0.1, 0.15) is 35.8 Å². The molecule has 1 aliphatic rings. The predicted molar refractivity (Wildman–Crippen MR) is 98.0 cm³/mol. The quantitative estimate of drug-likeness (QED) is 0.731. The van der Waals surface area contributed by atoms with Gasteiger partial charge in [0.05, 0.1) is 0 Å². The van der Waals surface area contributed by atoms with Crippen molar-refractivity contribution in [3.8, 4) is 5.82 Å². The number of likely N-dealkylation sites (tertiary alicyclic amines) is 1. The van der Waals surface area contributed by atoms with Gasteiger partial charge in [-0.05, 0) is 23.1 Å². The zero-order valence-electron chi connectivity index (χ0n) is 14.9. The Balaban J connectivity index is 1.59. The summed E-state index contributed by atoms with van der Waals surface area (Å²) >= 11 is 0. The van der Waals surface area contributed by atoms with Crippen molar-refractivity contribution in [1.29, 1.82) is 0 Å². The highest BCUT2D eigenvalue weighted by molar-refractivity contribution is 5.92. The lowest BCUT2D eigenvalue weighted by atomic mass is 9.78. The lowest BCUT2D eigenvalue weighted by Crippen LogP contribution is -2.31. The predicted octanol–water partition coefficient (Wildman–Crippen LogP) is 2.93. The number of pyridine rings is 1. The highest BCUT2D eigenvalue weighted by Crippen LogP contribution is 2.42. The van der Waals surface area contributed by atoms with Crippen LogP contribution in [0.25, 0.3) is 5.82 Å². The van der Waals surface area contributed by atoms with Crippen LogP contribution < -0.4 is 0 Å². The molecule has 0 bridgehead atoms. The molecular weight excluding hydrogens is 326 g/mol. The van der Waals surface area contributed by atoms with Gasteiger partial charge in [0.15, 0.2) is 0 Å². The molecule has 0 aliphatic carbocycles. The third-order valence-electron chi connectivity index (χ3n) is 5.07. The van der Waals surface area contributed by atoms with Gasteiger partial charge in [-0.25, -0.2) is 4.98 Å². The van der Waals surface area contributed by atoms with Crippen LogP contribution in [0.2, 0.25) is 0 Å². The Hall–Kier alpha value is -3.02. The van der Waals surface area contributed by atoms with Crippen LogP contribution in [0.4, 0.5) is 0 Å². The first-order chi connectivity index (χ1) is 12.5. The molecule has 0 N–H and O–H groups in total. The highest BCUT2D eigenvalue weighted by Gasteiger charge is 2.42. The van der Waals surface area contributed by atoms with E-state index in [0.29, 0.717) is 30.5 Å². The molecular formula is C20H21N5O. The molecule has 3 heterocycles. The van der Waals surface area contributed by atoms with Crippen LogP contribution >= 0.6 is 0 Å². The van der Waals surface area contributed by atoms with Crippen molar-refractivity contribution < 1.29 is 4.79 Å². The van der Waals surface area contributed by atoms with Gasteiger partial charge in [-0.15, -0.1) is 10.2 Å². The molecule has 3 aromatic rings. The number of rotatable bonds is 3. The Morgan fingerprint density at radius 3 is 2.50 bits per heavy atom. The molecule has 0 radical (unpaired) electrons. The summed E-state index contributed by atoms with van der Waals surface area (Å²) in [6, 6.07) is 15.9. The largest absolute Gasteiger partial charge is 0.336 e. The second-order valence-electron chi connectivity index (χ2n) is 7.39. The van der Waals surface area contributed by atoms with Gasteiger partial charge in [0.1, 0.15) is 24.2 Å². The van der Waals surface area contributed by atoms with Gasteiger partial charge in [0, 0.05) is 19.0 Å². The Morgan fingerprint density at radius 2 is 1.77 bits per heavy atom. The molecule has 1 fully saturated rings. The monoisotopic (exact) mass is 347 g/mol. The fourth-order valence-electron chi connectivity index (χ4n) is 3.70. The summed E-state index contributed by atoms with van der Waals surface area (Å²) in [5.74, 6) is 0.916. The van der Waals surface area contributed by atoms with E-state index in [9.17, 15) is 4.79 Å². The van der Waals surface area contributed by atoms with Crippen molar-refractivity contribution in [3.63, 3.8) is 0 Å². The van der Waals surface area contributed by atoms with E-state index in [4.69, 9.17) is 0 Å². The molecule has 1 saturated heterocycles. The highest BCUT2D eigenvalue weighted by atomic mass is 16.2. The standard InChI is InChI=1S/C20H21N5O/c1-20(2)12-24(11-16(20)15-7-4-3-5-8-15)19(26)17-9-6-10-18(23-17)25-13-21-22-14-25/h3-10,13-14,16H,11-12H2,1-2H3. The van der Waals surface area contributed by atoms with E-state index in [1.807, 2.05) is 23.1 Å². The summed E-state index contributed by atoms with van der Waals surface area (Å²) in [7, 11) is 0. The van der Waals surface area contributed by atoms with Gasteiger partial charge < -0.3 is 4.90 Å². The number of benzene rings is 1. The minimum Gasteiger partial charge on any atom is -0.336 e. The van der Waals surface area contributed by atoms with Gasteiger partial charge in [-0.1, -0.05) is 50.2 Å². The fourth-order valence-corrected chi connectivity index (χ4v) is 3.70. The number of aromatic nitrogens is 4. The maximum atomic E-state index is 13.1. The fraction of sp³-hybridized carbons (Fsp3) is 0.300. The lowest BCUT2D eigenvalue weighted by molar-refractivity contribution is 0.0772. The number of carbonyl (C=O) groups is 1. The first-order valence-electron chi connectivity index (χ1n) is 8.71. The van der Waals surface area contributed by atoms with E-state index < -0.39 is 0 Å². The van der Waals surface area contributed by atoms with E-state index in [2.05, 4.69) is 53.3 Å². The van der Waals surface area contributed by atoms with Gasteiger partial charge in [0.25, 0.3) is 5.91 Å². The molecule has 26 heavy (non-hydrogen) atoms. The molecule has 1 atom stereocenters. The molecule has 6 nitrogen and oxygen atoms in total. The van der Waals surface area contributed by atoms with Gasteiger partial charge in [0.2, 0.25) is 0 Å². The zero-order valence-corrected chi connectivity index (χ0v) is 14.9. The molecule has 1 aliphatic heterocycles. The van der Waals surface area contributed by atoms with Crippen LogP contribution in [0.15, 0.2) is 61.2 Å². The van der Waals surface area contributed by atoms with E-state index in [1.54, 1.807) is 23.3 Å². The number of hydrogen-bond acceptors (Lipinski definition) is 4. The SMILES string of the molecule is CC1(C)CN(C(=O)c2cccc(-n3cnnc3)n2)CC1c1ccccc1. The van der Waals surface area contributed by atoms with Gasteiger partial charge >= 0.3 is 0 Å². The van der Waals surface area contributed by atoms with E-state index in [1.165, 1.54) is 5.56 Å². The van der Waals surface area contributed by atoms with Crippen molar-refractivity contribution in [3.05, 3.63) is 72.4 Å². The van der Waals surface area contributed by atoms with Crippen molar-refractivity contribution in [2.45, 2.75) is 19.8 Å². The molecule has 132 valence electrons. The van der Waals surface area contributed by atoms with Gasteiger partial charge in [-0.3, -0.25) is 9.36 Å². The molecule has 0 spiro atoms. The average molecular weight is 347 g/mol. The third kappa shape index (κ3) is 2.98. The average Bonchev–Trinajstić information content (AvgIpc) is 3.29. The second-order valence-corrected chi connectivity index (χ2v) is 7.39. The van der Waals surface area contributed by atoms with E-state index >= 15 is 0 Å². The summed E-state index contributed by atoms with van der Waals surface area (Å²) < 4.78 is 1.69. The maximum Gasteiger partial charge on any atom is 0.272 e. The van der Waals surface area contributed by atoms with Crippen LogP contribution in [0, 0.1) is 5.41 Å². The number of hydrogen-bond donors (Lipinski definition) is 0. The van der Waals surface area contributed by atoms with Crippen molar-refractivity contribution in [1.82, 2.24) is 24.6 Å². The first kappa shape index (κ1) is 16.4. The zero-order chi connectivity index (χ0) is 18.1. The normalized spacial score (nSPS) is 18.8. The number of carbonyl (C=O) groups excluding carboxylic acids is 1. The first-order valence-corrected chi connectivity index (χ1v) is 8.71. The Labute approximate surface area is 152 Å². The summed E-state index contributed by atoms with van der Waals surface area (Å²) in [5, 5.41) is 7.58. The van der Waals surface area contributed by atoms with Crippen molar-refractivity contribution in [2.75, 3.05) is 13.1 Å². The number of nitrogens with zero attached hydrogens (tertiary/aromatic N) is 5. The Morgan fingerprint density at radius 1 is 1.04 bits per heavy atom. The summed E-state index contributed by atoms with van der Waals surface area (Å²) in [4.78, 5) is 19.5. The molecule has 0 saturated carbocycles. The molecule has 1 unspecified atom stereocenters. The third-order valence-corrected chi connectivity index (χ3v) is 5.07.